The maximum atomic E-state index is 11.9. The Morgan fingerprint density at radius 1 is 1.44 bits per heavy atom. The molecule has 0 fully saturated rings. The maximum Gasteiger partial charge on any atom is 0.273 e. The molecule has 2 heterocycles. The van der Waals surface area contributed by atoms with E-state index < -0.39 is 0 Å². The summed E-state index contributed by atoms with van der Waals surface area (Å²) in [4.78, 5) is 20.5. The molecule has 1 aliphatic rings. The lowest BCUT2D eigenvalue weighted by Gasteiger charge is -2.06. The summed E-state index contributed by atoms with van der Waals surface area (Å²) in [5, 5.41) is 4.01. The van der Waals surface area contributed by atoms with Crippen molar-refractivity contribution in [2.75, 3.05) is 5.32 Å². The van der Waals surface area contributed by atoms with E-state index in [0.717, 1.165) is 18.5 Å². The summed E-state index contributed by atoms with van der Waals surface area (Å²) in [7, 11) is 0. The molecule has 94 valence electrons. The first kappa shape index (κ1) is 11.7. The smallest absolute Gasteiger partial charge is 0.273 e. The van der Waals surface area contributed by atoms with E-state index in [1.54, 1.807) is 23.6 Å². The summed E-state index contributed by atoms with van der Waals surface area (Å²) >= 11 is 7.34. The van der Waals surface area contributed by atoms with E-state index in [4.69, 9.17) is 11.6 Å². The predicted molar refractivity (Wildman–Crippen MR) is 72.5 cm³/mol. The summed E-state index contributed by atoms with van der Waals surface area (Å²) in [5.74, 6) is -0.201. The van der Waals surface area contributed by atoms with Crippen molar-refractivity contribution in [1.29, 1.82) is 0 Å². The number of carbonyl (C=O) groups excluding carboxylic acids is 1. The standard InChI is InChI=1S/C12H12ClN3OS/c13-7-5-9(14-6-7)11(17)16-12-15-8-3-1-2-4-10(8)18-12/h5-6,14H,1-4H2,(H,15,16,17). The lowest BCUT2D eigenvalue weighted by atomic mass is 10.0. The van der Waals surface area contributed by atoms with Crippen molar-refractivity contribution in [1.82, 2.24) is 9.97 Å². The average Bonchev–Trinajstić information content (AvgIpc) is 2.94. The predicted octanol–water partition coefficient (Wildman–Crippen LogP) is 3.26. The Labute approximate surface area is 113 Å². The number of fused-ring (bicyclic) bond motifs is 1. The van der Waals surface area contributed by atoms with Crippen molar-refractivity contribution in [2.24, 2.45) is 0 Å². The van der Waals surface area contributed by atoms with E-state index >= 15 is 0 Å². The average molecular weight is 282 g/mol. The van der Waals surface area contributed by atoms with Crippen LogP contribution in [0.15, 0.2) is 12.3 Å². The van der Waals surface area contributed by atoms with Gasteiger partial charge in [0.25, 0.3) is 5.91 Å². The van der Waals surface area contributed by atoms with Crippen LogP contribution in [0.2, 0.25) is 5.02 Å². The van der Waals surface area contributed by atoms with Gasteiger partial charge in [-0.1, -0.05) is 11.6 Å². The van der Waals surface area contributed by atoms with Crippen LogP contribution in [0, 0.1) is 0 Å². The molecule has 2 aromatic heterocycles. The SMILES string of the molecule is O=C(Nc1nc2c(s1)CCCC2)c1cc(Cl)c[nH]1. The van der Waals surface area contributed by atoms with Gasteiger partial charge in [-0.2, -0.15) is 0 Å². The van der Waals surface area contributed by atoms with Crippen LogP contribution in [0.25, 0.3) is 0 Å². The zero-order chi connectivity index (χ0) is 12.5. The summed E-state index contributed by atoms with van der Waals surface area (Å²) in [6.45, 7) is 0. The summed E-state index contributed by atoms with van der Waals surface area (Å²) in [6.07, 6.45) is 6.10. The Morgan fingerprint density at radius 2 is 2.28 bits per heavy atom. The number of H-pyrrole nitrogens is 1. The number of nitrogens with one attached hydrogen (secondary N) is 2. The zero-order valence-electron chi connectivity index (χ0n) is 9.62. The van der Waals surface area contributed by atoms with Gasteiger partial charge >= 0.3 is 0 Å². The molecular weight excluding hydrogens is 270 g/mol. The molecule has 0 saturated heterocycles. The highest BCUT2D eigenvalue weighted by atomic mass is 35.5. The molecule has 1 aliphatic carbocycles. The Kier molecular flexibility index (Phi) is 3.09. The number of amides is 1. The van der Waals surface area contributed by atoms with Crippen molar-refractivity contribution in [3.05, 3.63) is 33.6 Å². The number of aromatic amines is 1. The van der Waals surface area contributed by atoms with Gasteiger partial charge in [0.05, 0.1) is 10.7 Å². The first-order valence-corrected chi connectivity index (χ1v) is 7.05. The molecule has 2 aromatic rings. The fourth-order valence-electron chi connectivity index (χ4n) is 2.07. The van der Waals surface area contributed by atoms with Crippen LogP contribution in [0.3, 0.4) is 0 Å². The van der Waals surface area contributed by atoms with Crippen LogP contribution in [-0.4, -0.2) is 15.9 Å². The zero-order valence-corrected chi connectivity index (χ0v) is 11.2. The summed E-state index contributed by atoms with van der Waals surface area (Å²) in [6, 6.07) is 1.60. The van der Waals surface area contributed by atoms with Crippen molar-refractivity contribution in [3.8, 4) is 0 Å². The van der Waals surface area contributed by atoms with Gasteiger partial charge in [-0.15, -0.1) is 11.3 Å². The highest BCUT2D eigenvalue weighted by molar-refractivity contribution is 7.15. The largest absolute Gasteiger partial charge is 0.356 e. The van der Waals surface area contributed by atoms with Gasteiger partial charge in [-0.25, -0.2) is 4.98 Å². The van der Waals surface area contributed by atoms with Gasteiger partial charge < -0.3 is 4.98 Å². The fourth-order valence-corrected chi connectivity index (χ4v) is 3.28. The van der Waals surface area contributed by atoms with Crippen LogP contribution >= 0.6 is 22.9 Å². The number of hydrogen-bond donors (Lipinski definition) is 2. The Hall–Kier alpha value is -1.33. The third kappa shape index (κ3) is 2.28. The lowest BCUT2D eigenvalue weighted by Crippen LogP contribution is -2.12. The molecule has 6 heteroatoms. The second-order valence-corrected chi connectivity index (χ2v) is 5.80. The van der Waals surface area contributed by atoms with Crippen LogP contribution in [0.5, 0.6) is 0 Å². The second kappa shape index (κ2) is 4.74. The number of nitrogens with zero attached hydrogens (tertiary/aromatic N) is 1. The minimum absolute atomic E-state index is 0.201. The molecule has 0 spiro atoms. The monoisotopic (exact) mass is 281 g/mol. The molecule has 0 radical (unpaired) electrons. The molecule has 0 saturated carbocycles. The number of aromatic nitrogens is 2. The molecule has 0 unspecified atom stereocenters. The number of halogens is 1. The van der Waals surface area contributed by atoms with Crippen LogP contribution < -0.4 is 5.32 Å². The Bertz CT molecular complexity index is 566. The highest BCUT2D eigenvalue weighted by Gasteiger charge is 2.17. The number of thiazole rings is 1. The molecule has 0 aliphatic heterocycles. The van der Waals surface area contributed by atoms with E-state index in [-0.39, 0.29) is 5.91 Å². The van der Waals surface area contributed by atoms with Crippen molar-refractivity contribution >= 4 is 34.0 Å². The topological polar surface area (TPSA) is 57.8 Å². The number of carbonyl (C=O) groups is 1. The molecule has 0 atom stereocenters. The van der Waals surface area contributed by atoms with Crippen molar-refractivity contribution < 1.29 is 4.79 Å². The first-order chi connectivity index (χ1) is 8.72. The van der Waals surface area contributed by atoms with E-state index in [9.17, 15) is 4.79 Å². The third-order valence-electron chi connectivity index (χ3n) is 2.96. The first-order valence-electron chi connectivity index (χ1n) is 5.86. The van der Waals surface area contributed by atoms with Gasteiger partial charge in [0.15, 0.2) is 5.13 Å². The molecule has 4 nitrogen and oxygen atoms in total. The fraction of sp³-hybridized carbons (Fsp3) is 0.333. The third-order valence-corrected chi connectivity index (χ3v) is 4.25. The molecule has 2 N–H and O–H groups in total. The van der Waals surface area contributed by atoms with Gasteiger partial charge in [-0.3, -0.25) is 10.1 Å². The molecule has 3 rings (SSSR count). The molecular formula is C12H12ClN3OS. The van der Waals surface area contributed by atoms with Crippen molar-refractivity contribution in [2.45, 2.75) is 25.7 Å². The van der Waals surface area contributed by atoms with E-state index in [1.807, 2.05) is 0 Å². The van der Waals surface area contributed by atoms with Gasteiger partial charge in [0.2, 0.25) is 0 Å². The van der Waals surface area contributed by atoms with Crippen LogP contribution in [-0.2, 0) is 12.8 Å². The van der Waals surface area contributed by atoms with Crippen LogP contribution in [0.4, 0.5) is 5.13 Å². The van der Waals surface area contributed by atoms with Gasteiger partial charge in [-0.05, 0) is 31.7 Å². The van der Waals surface area contributed by atoms with Crippen LogP contribution in [0.1, 0.15) is 33.9 Å². The number of hydrogen-bond acceptors (Lipinski definition) is 3. The number of aryl methyl sites for hydroxylation is 2. The summed E-state index contributed by atoms with van der Waals surface area (Å²) in [5.41, 5.74) is 1.60. The maximum absolute atomic E-state index is 11.9. The number of rotatable bonds is 2. The van der Waals surface area contributed by atoms with Gasteiger partial charge in [0, 0.05) is 11.1 Å². The Balaban J connectivity index is 1.76. The number of anilines is 1. The minimum atomic E-state index is -0.201. The van der Waals surface area contributed by atoms with Crippen molar-refractivity contribution in [3.63, 3.8) is 0 Å². The van der Waals surface area contributed by atoms with Gasteiger partial charge in [0.1, 0.15) is 5.69 Å². The highest BCUT2D eigenvalue weighted by Crippen LogP contribution is 2.29. The normalized spacial score (nSPS) is 14.3. The van der Waals surface area contributed by atoms with E-state index in [0.29, 0.717) is 15.8 Å². The van der Waals surface area contributed by atoms with E-state index in [2.05, 4.69) is 15.3 Å². The summed E-state index contributed by atoms with van der Waals surface area (Å²) < 4.78 is 0. The molecule has 0 aromatic carbocycles. The quantitative estimate of drug-likeness (QED) is 0.888. The molecule has 0 bridgehead atoms. The minimum Gasteiger partial charge on any atom is -0.356 e. The second-order valence-electron chi connectivity index (χ2n) is 4.28. The molecule has 18 heavy (non-hydrogen) atoms. The Morgan fingerprint density at radius 3 is 3.00 bits per heavy atom. The molecule has 1 amide bonds. The van der Waals surface area contributed by atoms with E-state index in [1.165, 1.54) is 17.7 Å². The lowest BCUT2D eigenvalue weighted by molar-refractivity contribution is 0.102.